The number of allylic oxidation sites excluding steroid dienone is 1. The van der Waals surface area contributed by atoms with Crippen LogP contribution in [-0.2, 0) is 14.3 Å². The summed E-state index contributed by atoms with van der Waals surface area (Å²) in [6, 6.07) is 0. The first kappa shape index (κ1) is 17.2. The third kappa shape index (κ3) is 6.64. The second-order valence-corrected chi connectivity index (χ2v) is 5.00. The first-order valence-electron chi connectivity index (χ1n) is 6.11. The van der Waals surface area contributed by atoms with Gasteiger partial charge in [0.2, 0.25) is 0 Å². The molecule has 0 aromatic heterocycles. The van der Waals surface area contributed by atoms with Gasteiger partial charge in [-0.05, 0) is 33.6 Å². The number of methoxy groups -OCH3 is 1. The number of carbonyl (C=O) groups excluding carboxylic acids is 2. The van der Waals surface area contributed by atoms with E-state index >= 15 is 0 Å². The highest BCUT2D eigenvalue weighted by molar-refractivity contribution is 5.91. The van der Waals surface area contributed by atoms with Gasteiger partial charge in [0, 0.05) is 6.54 Å². The predicted octanol–water partition coefficient (Wildman–Crippen LogP) is 2.88. The van der Waals surface area contributed by atoms with Gasteiger partial charge in [-0.25, -0.2) is 9.59 Å². The Hall–Kier alpha value is -1.78. The molecule has 0 radical (unpaired) electrons. The molecule has 0 fully saturated rings. The second kappa shape index (κ2) is 7.61. The number of unbranched alkanes of at least 4 members (excludes halogenated alkanes) is 1. The van der Waals surface area contributed by atoms with E-state index in [-0.39, 0.29) is 5.70 Å². The summed E-state index contributed by atoms with van der Waals surface area (Å²) >= 11 is 0. The molecule has 0 saturated carbocycles. The molecule has 1 amide bonds. The number of amides is 1. The summed E-state index contributed by atoms with van der Waals surface area (Å²) in [5, 5.41) is 0. The third-order valence-corrected chi connectivity index (χ3v) is 2.15. The third-order valence-electron chi connectivity index (χ3n) is 2.15. The van der Waals surface area contributed by atoms with Crippen LogP contribution in [0.3, 0.4) is 0 Å². The van der Waals surface area contributed by atoms with Crippen molar-refractivity contribution < 1.29 is 19.1 Å². The molecule has 0 saturated heterocycles. The van der Waals surface area contributed by atoms with E-state index in [2.05, 4.69) is 17.9 Å². The van der Waals surface area contributed by atoms with Crippen molar-refractivity contribution in [1.29, 1.82) is 0 Å². The highest BCUT2D eigenvalue weighted by Gasteiger charge is 2.27. The summed E-state index contributed by atoms with van der Waals surface area (Å²) in [5.74, 6) is -0.649. The minimum absolute atomic E-state index is 0.0270. The molecule has 0 rings (SSSR count). The van der Waals surface area contributed by atoms with Crippen LogP contribution in [0.4, 0.5) is 4.79 Å². The Morgan fingerprint density at radius 1 is 1.32 bits per heavy atom. The summed E-state index contributed by atoms with van der Waals surface area (Å²) in [6.07, 6.45) is 2.53. The molecule has 0 atom stereocenters. The molecule has 0 N–H and O–H groups in total. The molecule has 0 aromatic carbocycles. The van der Waals surface area contributed by atoms with Gasteiger partial charge in [-0.2, -0.15) is 0 Å². The number of carbonyl (C=O) groups is 2. The van der Waals surface area contributed by atoms with Crippen molar-refractivity contribution in [2.75, 3.05) is 13.7 Å². The molecule has 0 aromatic rings. The first-order valence-corrected chi connectivity index (χ1v) is 6.11. The van der Waals surface area contributed by atoms with Gasteiger partial charge in [0.05, 0.1) is 7.11 Å². The Balaban J connectivity index is 4.84. The van der Waals surface area contributed by atoms with E-state index in [1.54, 1.807) is 26.8 Å². The molecule has 108 valence electrons. The molecular formula is C14H23NO4. The topological polar surface area (TPSA) is 55.8 Å². The molecule has 0 unspecified atom stereocenters. The van der Waals surface area contributed by atoms with Crippen molar-refractivity contribution >= 4 is 12.1 Å². The van der Waals surface area contributed by atoms with Crippen LogP contribution >= 0.6 is 0 Å². The van der Waals surface area contributed by atoms with E-state index in [1.165, 1.54) is 12.0 Å². The van der Waals surface area contributed by atoms with Crippen LogP contribution in [0.5, 0.6) is 0 Å². The zero-order valence-corrected chi connectivity index (χ0v) is 12.2. The Kier molecular flexibility index (Phi) is 6.90. The zero-order chi connectivity index (χ0) is 15.1. The van der Waals surface area contributed by atoms with Crippen LogP contribution in [-0.4, -0.2) is 36.2 Å². The lowest BCUT2D eigenvalue weighted by Gasteiger charge is -2.27. The van der Waals surface area contributed by atoms with Crippen LogP contribution in [0, 0.1) is 0 Å². The van der Waals surface area contributed by atoms with Gasteiger partial charge < -0.3 is 9.47 Å². The molecule has 0 heterocycles. The largest absolute Gasteiger partial charge is 0.464 e. The van der Waals surface area contributed by atoms with Crippen LogP contribution in [0.1, 0.15) is 33.6 Å². The fraction of sp³-hybridized carbons (Fsp3) is 0.571. The van der Waals surface area contributed by atoms with Crippen molar-refractivity contribution in [2.24, 2.45) is 0 Å². The summed E-state index contributed by atoms with van der Waals surface area (Å²) < 4.78 is 9.81. The zero-order valence-electron chi connectivity index (χ0n) is 12.2. The minimum atomic E-state index is -0.649. The number of rotatable bonds is 6. The summed E-state index contributed by atoms with van der Waals surface area (Å²) in [6.45, 7) is 12.8. The van der Waals surface area contributed by atoms with Gasteiger partial charge in [0.15, 0.2) is 0 Å². The monoisotopic (exact) mass is 269 g/mol. The van der Waals surface area contributed by atoms with Crippen LogP contribution in [0.2, 0.25) is 0 Å². The van der Waals surface area contributed by atoms with Gasteiger partial charge in [0.25, 0.3) is 0 Å². The Bertz CT molecular complexity index is 355. The molecular weight excluding hydrogens is 246 g/mol. The maximum Gasteiger partial charge on any atom is 0.415 e. The van der Waals surface area contributed by atoms with Crippen LogP contribution < -0.4 is 0 Å². The van der Waals surface area contributed by atoms with Gasteiger partial charge >= 0.3 is 12.1 Å². The number of esters is 1. The highest BCUT2D eigenvalue weighted by Crippen LogP contribution is 2.14. The lowest BCUT2D eigenvalue weighted by atomic mass is 10.2. The Morgan fingerprint density at radius 2 is 1.89 bits per heavy atom. The number of hydrogen-bond acceptors (Lipinski definition) is 4. The maximum absolute atomic E-state index is 12.0. The number of ether oxygens (including phenoxy) is 2. The van der Waals surface area contributed by atoms with E-state index in [4.69, 9.17) is 4.74 Å². The van der Waals surface area contributed by atoms with Crippen molar-refractivity contribution in [3.8, 4) is 0 Å². The number of nitrogens with zero attached hydrogens (tertiary/aromatic N) is 1. The van der Waals surface area contributed by atoms with E-state index in [0.717, 1.165) is 6.42 Å². The molecule has 0 aliphatic rings. The molecule has 5 nitrogen and oxygen atoms in total. The van der Waals surface area contributed by atoms with Crippen LogP contribution in [0.25, 0.3) is 0 Å². The van der Waals surface area contributed by atoms with E-state index in [0.29, 0.717) is 13.0 Å². The standard InChI is InChI=1S/C14H23NO4/c1-7-8-9-10-15(11(2)12(16)18-6)13(17)19-14(3,4)5/h7H,1-2,8-10H2,3-6H3. The quantitative estimate of drug-likeness (QED) is 0.322. The summed E-state index contributed by atoms with van der Waals surface area (Å²) in [4.78, 5) is 24.7. The molecule has 5 heteroatoms. The van der Waals surface area contributed by atoms with Crippen molar-refractivity contribution in [3.05, 3.63) is 24.9 Å². The van der Waals surface area contributed by atoms with Crippen molar-refractivity contribution in [1.82, 2.24) is 4.90 Å². The molecule has 0 aliphatic carbocycles. The molecule has 19 heavy (non-hydrogen) atoms. The fourth-order valence-corrected chi connectivity index (χ4v) is 1.28. The summed E-state index contributed by atoms with van der Waals surface area (Å²) in [5.41, 5.74) is -0.662. The molecule has 0 bridgehead atoms. The highest BCUT2D eigenvalue weighted by atomic mass is 16.6. The average Bonchev–Trinajstić information content (AvgIpc) is 2.30. The number of hydrogen-bond donors (Lipinski definition) is 0. The van der Waals surface area contributed by atoms with Gasteiger partial charge in [-0.15, -0.1) is 6.58 Å². The van der Waals surface area contributed by atoms with Gasteiger partial charge in [-0.3, -0.25) is 4.90 Å². The van der Waals surface area contributed by atoms with E-state index in [1.807, 2.05) is 0 Å². The normalized spacial score (nSPS) is 10.5. The smallest absolute Gasteiger partial charge is 0.415 e. The predicted molar refractivity (Wildman–Crippen MR) is 73.5 cm³/mol. The fourth-order valence-electron chi connectivity index (χ4n) is 1.28. The lowest BCUT2D eigenvalue weighted by molar-refractivity contribution is -0.137. The molecule has 0 spiro atoms. The average molecular weight is 269 g/mol. The Labute approximate surface area is 114 Å². The van der Waals surface area contributed by atoms with Gasteiger partial charge in [0.1, 0.15) is 11.3 Å². The first-order chi connectivity index (χ1) is 8.72. The maximum atomic E-state index is 12.0. The minimum Gasteiger partial charge on any atom is -0.464 e. The summed E-state index contributed by atoms with van der Waals surface area (Å²) in [7, 11) is 1.24. The molecule has 0 aliphatic heterocycles. The van der Waals surface area contributed by atoms with E-state index < -0.39 is 17.7 Å². The van der Waals surface area contributed by atoms with Crippen molar-refractivity contribution in [2.45, 2.75) is 39.2 Å². The van der Waals surface area contributed by atoms with Crippen molar-refractivity contribution in [3.63, 3.8) is 0 Å². The Morgan fingerprint density at radius 3 is 2.32 bits per heavy atom. The second-order valence-electron chi connectivity index (χ2n) is 5.00. The lowest BCUT2D eigenvalue weighted by Crippen LogP contribution is -2.38. The SMILES string of the molecule is C=CCCCN(C(=C)C(=O)OC)C(=O)OC(C)(C)C. The van der Waals surface area contributed by atoms with E-state index in [9.17, 15) is 9.59 Å². The van der Waals surface area contributed by atoms with Crippen LogP contribution in [0.15, 0.2) is 24.9 Å². The van der Waals surface area contributed by atoms with Gasteiger partial charge in [-0.1, -0.05) is 12.7 Å².